The topological polar surface area (TPSA) is 61.3 Å². The largest absolute Gasteiger partial charge is 0.378 e. The van der Waals surface area contributed by atoms with Gasteiger partial charge in [-0.15, -0.1) is 0 Å². The van der Waals surface area contributed by atoms with Gasteiger partial charge in [0.05, 0.1) is 13.2 Å². The summed E-state index contributed by atoms with van der Waals surface area (Å²) in [5.41, 5.74) is 10.9. The zero-order valence-electron chi connectivity index (χ0n) is 4.13. The van der Waals surface area contributed by atoms with Crippen molar-refractivity contribution < 1.29 is 4.74 Å². The van der Waals surface area contributed by atoms with Crippen LogP contribution in [0.3, 0.4) is 0 Å². The predicted octanol–water partition coefficient (Wildman–Crippen LogP) is -1.33. The van der Waals surface area contributed by atoms with Crippen molar-refractivity contribution in [1.29, 1.82) is 0 Å². The van der Waals surface area contributed by atoms with Crippen molar-refractivity contribution in [3.63, 3.8) is 0 Å². The van der Waals surface area contributed by atoms with Gasteiger partial charge in [-0.05, 0) is 0 Å². The zero-order valence-corrected chi connectivity index (χ0v) is 4.13. The highest BCUT2D eigenvalue weighted by molar-refractivity contribution is 4.80. The summed E-state index contributed by atoms with van der Waals surface area (Å²) < 4.78 is 4.92. The molecule has 0 spiro atoms. The minimum Gasteiger partial charge on any atom is -0.378 e. The van der Waals surface area contributed by atoms with Gasteiger partial charge in [0.15, 0.2) is 0 Å². The first kappa shape index (κ1) is 5.03. The van der Waals surface area contributed by atoms with E-state index in [1.807, 2.05) is 0 Å². The minimum absolute atomic E-state index is 0.0694. The molecule has 0 aromatic heterocycles. The fourth-order valence-electron chi connectivity index (χ4n) is 0.587. The highest BCUT2D eigenvalue weighted by atomic mass is 16.5. The standard InChI is InChI=1S/C4H10N2O/c5-3-1-7-2-4(3)6/h3-4H,1-2,5-6H2/t3-,4-/m0/s1. The van der Waals surface area contributed by atoms with Crippen molar-refractivity contribution in [3.05, 3.63) is 0 Å². The maximum Gasteiger partial charge on any atom is 0.0634 e. The highest BCUT2D eigenvalue weighted by Gasteiger charge is 2.19. The van der Waals surface area contributed by atoms with Gasteiger partial charge in [0.25, 0.3) is 0 Å². The van der Waals surface area contributed by atoms with Gasteiger partial charge in [-0.25, -0.2) is 0 Å². The van der Waals surface area contributed by atoms with Gasteiger partial charge in [-0.2, -0.15) is 0 Å². The predicted molar refractivity (Wildman–Crippen MR) is 26.8 cm³/mol. The van der Waals surface area contributed by atoms with Crippen LogP contribution in [0, 0.1) is 0 Å². The SMILES string of the molecule is N[C@H]1COC[C@@H]1N. The maximum atomic E-state index is 5.43. The third-order valence-corrected chi connectivity index (χ3v) is 1.17. The van der Waals surface area contributed by atoms with Crippen molar-refractivity contribution in [1.82, 2.24) is 0 Å². The normalized spacial score (nSPS) is 42.0. The molecule has 0 unspecified atom stereocenters. The first-order valence-corrected chi connectivity index (χ1v) is 2.39. The molecule has 3 nitrogen and oxygen atoms in total. The lowest BCUT2D eigenvalue weighted by molar-refractivity contribution is 0.191. The Labute approximate surface area is 42.6 Å². The molecule has 3 heteroatoms. The van der Waals surface area contributed by atoms with Crippen molar-refractivity contribution >= 4 is 0 Å². The van der Waals surface area contributed by atoms with Gasteiger partial charge in [-0.1, -0.05) is 0 Å². The summed E-state index contributed by atoms with van der Waals surface area (Å²) in [5.74, 6) is 0. The molecule has 0 aromatic carbocycles. The smallest absolute Gasteiger partial charge is 0.0634 e. The van der Waals surface area contributed by atoms with E-state index in [0.29, 0.717) is 13.2 Å². The van der Waals surface area contributed by atoms with E-state index in [-0.39, 0.29) is 12.1 Å². The molecule has 1 aliphatic heterocycles. The Morgan fingerprint density at radius 1 is 1.14 bits per heavy atom. The summed E-state index contributed by atoms with van der Waals surface area (Å²) in [7, 11) is 0. The van der Waals surface area contributed by atoms with E-state index in [4.69, 9.17) is 16.2 Å². The van der Waals surface area contributed by atoms with Crippen LogP contribution in [0.5, 0.6) is 0 Å². The average molecular weight is 102 g/mol. The van der Waals surface area contributed by atoms with Crippen LogP contribution in [-0.2, 0) is 4.74 Å². The molecular formula is C4H10N2O. The second kappa shape index (κ2) is 1.78. The molecule has 0 aromatic rings. The van der Waals surface area contributed by atoms with Gasteiger partial charge in [-0.3, -0.25) is 0 Å². The lowest BCUT2D eigenvalue weighted by atomic mass is 10.2. The Morgan fingerprint density at radius 3 is 1.71 bits per heavy atom. The molecule has 0 amide bonds. The molecule has 4 N–H and O–H groups in total. The summed E-state index contributed by atoms with van der Waals surface area (Å²) in [4.78, 5) is 0. The first-order valence-electron chi connectivity index (χ1n) is 2.39. The first-order chi connectivity index (χ1) is 3.30. The second-order valence-electron chi connectivity index (χ2n) is 1.87. The van der Waals surface area contributed by atoms with Gasteiger partial charge in [0.2, 0.25) is 0 Å². The Kier molecular flexibility index (Phi) is 1.27. The van der Waals surface area contributed by atoms with Crippen LogP contribution >= 0.6 is 0 Å². The van der Waals surface area contributed by atoms with Gasteiger partial charge in [0.1, 0.15) is 0 Å². The van der Waals surface area contributed by atoms with E-state index in [2.05, 4.69) is 0 Å². The number of rotatable bonds is 0. The summed E-state index contributed by atoms with van der Waals surface area (Å²) in [6.45, 7) is 1.25. The molecule has 1 rings (SSSR count). The molecule has 42 valence electrons. The lowest BCUT2D eigenvalue weighted by Crippen LogP contribution is -2.39. The Hall–Kier alpha value is -0.120. The molecule has 1 heterocycles. The van der Waals surface area contributed by atoms with Crippen LogP contribution in [0.4, 0.5) is 0 Å². The fourth-order valence-corrected chi connectivity index (χ4v) is 0.587. The molecule has 1 aliphatic rings. The third kappa shape index (κ3) is 0.907. The number of nitrogens with two attached hydrogens (primary N) is 2. The van der Waals surface area contributed by atoms with Crippen molar-refractivity contribution in [2.24, 2.45) is 11.5 Å². The van der Waals surface area contributed by atoms with Crippen LogP contribution in [0.15, 0.2) is 0 Å². The quantitative estimate of drug-likeness (QED) is 0.398. The fraction of sp³-hybridized carbons (Fsp3) is 1.00. The molecule has 0 radical (unpaired) electrons. The summed E-state index contributed by atoms with van der Waals surface area (Å²) in [6.07, 6.45) is 0. The van der Waals surface area contributed by atoms with Gasteiger partial charge < -0.3 is 16.2 Å². The van der Waals surface area contributed by atoms with Crippen molar-refractivity contribution in [2.45, 2.75) is 12.1 Å². The molecule has 0 aliphatic carbocycles. The van der Waals surface area contributed by atoms with Crippen LogP contribution in [0.2, 0.25) is 0 Å². The van der Waals surface area contributed by atoms with Crippen LogP contribution in [0.25, 0.3) is 0 Å². The Morgan fingerprint density at radius 2 is 1.57 bits per heavy atom. The van der Waals surface area contributed by atoms with Crippen molar-refractivity contribution in [3.8, 4) is 0 Å². The van der Waals surface area contributed by atoms with Crippen LogP contribution in [-0.4, -0.2) is 25.3 Å². The average Bonchev–Trinajstić information content (AvgIpc) is 1.91. The van der Waals surface area contributed by atoms with E-state index < -0.39 is 0 Å². The van der Waals surface area contributed by atoms with Crippen molar-refractivity contribution in [2.75, 3.05) is 13.2 Å². The molecular weight excluding hydrogens is 92.1 g/mol. The van der Waals surface area contributed by atoms with E-state index in [1.165, 1.54) is 0 Å². The van der Waals surface area contributed by atoms with E-state index in [9.17, 15) is 0 Å². The summed E-state index contributed by atoms with van der Waals surface area (Å²) in [5, 5.41) is 0. The molecule has 2 atom stereocenters. The molecule has 0 saturated carbocycles. The van der Waals surface area contributed by atoms with Crippen LogP contribution < -0.4 is 11.5 Å². The van der Waals surface area contributed by atoms with E-state index >= 15 is 0 Å². The molecule has 0 bridgehead atoms. The molecule has 7 heavy (non-hydrogen) atoms. The Bertz CT molecular complexity index is 58.7. The maximum absolute atomic E-state index is 5.43. The van der Waals surface area contributed by atoms with Crippen LogP contribution in [0.1, 0.15) is 0 Å². The summed E-state index contributed by atoms with van der Waals surface area (Å²) >= 11 is 0. The molecule has 1 fully saturated rings. The molecule has 1 saturated heterocycles. The lowest BCUT2D eigenvalue weighted by Gasteiger charge is -2.02. The number of ether oxygens (including phenoxy) is 1. The van der Waals surface area contributed by atoms with E-state index in [1.54, 1.807) is 0 Å². The summed E-state index contributed by atoms with van der Waals surface area (Å²) in [6, 6.07) is 0.139. The highest BCUT2D eigenvalue weighted by Crippen LogP contribution is 1.97. The van der Waals surface area contributed by atoms with E-state index in [0.717, 1.165) is 0 Å². The third-order valence-electron chi connectivity index (χ3n) is 1.17. The number of hydrogen-bond donors (Lipinski definition) is 2. The number of hydrogen-bond acceptors (Lipinski definition) is 3. The second-order valence-corrected chi connectivity index (χ2v) is 1.87. The minimum atomic E-state index is 0.0694. The zero-order chi connectivity index (χ0) is 5.28. The van der Waals surface area contributed by atoms with Gasteiger partial charge in [0, 0.05) is 12.1 Å². The monoisotopic (exact) mass is 102 g/mol. The van der Waals surface area contributed by atoms with Gasteiger partial charge >= 0.3 is 0 Å². The Balaban J connectivity index is 2.33.